The lowest BCUT2D eigenvalue weighted by Gasteiger charge is -2.15. The molecule has 2 rings (SSSR count). The number of hydrogen-bond acceptors (Lipinski definition) is 4. The number of nitrogens with one attached hydrogen (secondary N) is 2. The van der Waals surface area contributed by atoms with E-state index < -0.39 is 12.0 Å². The maximum atomic E-state index is 12.0. The number of ether oxygens (including phenoxy) is 2. The van der Waals surface area contributed by atoms with E-state index in [0.717, 1.165) is 11.3 Å². The summed E-state index contributed by atoms with van der Waals surface area (Å²) in [5.74, 6) is 0.542. The number of carbonyl (C=O) groups is 2. The minimum absolute atomic E-state index is 0.246. The maximum Gasteiger partial charge on any atom is 0.279 e. The van der Waals surface area contributed by atoms with Gasteiger partial charge in [-0.15, -0.1) is 0 Å². The standard InChI is InChI=1S/C20H23ClN2O4/c1-3-26-17-9-11-18(12-10-17)27-14(2)20(25)23-22-19(24)13-6-15-4-7-16(21)8-5-15/h4-5,7-12,14H,3,6,13H2,1-2H3,(H,22,24)(H,23,25). The van der Waals surface area contributed by atoms with Crippen molar-refractivity contribution in [3.05, 3.63) is 59.1 Å². The third kappa shape index (κ3) is 7.19. The lowest BCUT2D eigenvalue weighted by molar-refractivity contribution is -0.132. The van der Waals surface area contributed by atoms with Crippen LogP contribution in [0.2, 0.25) is 5.02 Å². The molecule has 7 heteroatoms. The molecule has 0 fully saturated rings. The predicted octanol–water partition coefficient (Wildman–Crippen LogP) is 3.29. The topological polar surface area (TPSA) is 76.7 Å². The Morgan fingerprint density at radius 2 is 1.63 bits per heavy atom. The number of carbonyl (C=O) groups excluding carboxylic acids is 2. The largest absolute Gasteiger partial charge is 0.494 e. The van der Waals surface area contributed by atoms with Gasteiger partial charge in [-0.25, -0.2) is 0 Å². The smallest absolute Gasteiger partial charge is 0.279 e. The molecule has 0 radical (unpaired) electrons. The zero-order chi connectivity index (χ0) is 19.6. The van der Waals surface area contributed by atoms with Crippen LogP contribution in [0.1, 0.15) is 25.8 Å². The van der Waals surface area contributed by atoms with Gasteiger partial charge in [0.2, 0.25) is 5.91 Å². The Morgan fingerprint density at radius 1 is 1.00 bits per heavy atom. The van der Waals surface area contributed by atoms with Crippen molar-refractivity contribution in [1.82, 2.24) is 10.9 Å². The molecule has 27 heavy (non-hydrogen) atoms. The van der Waals surface area contributed by atoms with Crippen molar-refractivity contribution in [1.29, 1.82) is 0 Å². The summed E-state index contributed by atoms with van der Waals surface area (Å²) in [7, 11) is 0. The summed E-state index contributed by atoms with van der Waals surface area (Å²) in [5.41, 5.74) is 5.76. The number of rotatable bonds is 8. The van der Waals surface area contributed by atoms with E-state index in [1.165, 1.54) is 0 Å². The predicted molar refractivity (Wildman–Crippen MR) is 104 cm³/mol. The number of amides is 2. The number of aryl methyl sites for hydroxylation is 1. The van der Waals surface area contributed by atoms with Crippen LogP contribution < -0.4 is 20.3 Å². The van der Waals surface area contributed by atoms with Crippen LogP contribution in [0, 0.1) is 0 Å². The highest BCUT2D eigenvalue weighted by molar-refractivity contribution is 6.30. The van der Waals surface area contributed by atoms with E-state index >= 15 is 0 Å². The molecule has 1 unspecified atom stereocenters. The zero-order valence-electron chi connectivity index (χ0n) is 15.3. The molecule has 6 nitrogen and oxygen atoms in total. The van der Waals surface area contributed by atoms with Gasteiger partial charge in [-0.1, -0.05) is 23.7 Å². The molecule has 0 aromatic heterocycles. The molecule has 2 N–H and O–H groups in total. The van der Waals surface area contributed by atoms with E-state index in [4.69, 9.17) is 21.1 Å². The van der Waals surface area contributed by atoms with Crippen LogP contribution in [0.5, 0.6) is 11.5 Å². The van der Waals surface area contributed by atoms with Crippen LogP contribution in [-0.2, 0) is 16.0 Å². The number of benzene rings is 2. The van der Waals surface area contributed by atoms with Gasteiger partial charge in [0, 0.05) is 11.4 Å². The quantitative estimate of drug-likeness (QED) is 0.678. The minimum atomic E-state index is -0.764. The van der Waals surface area contributed by atoms with E-state index in [1.807, 2.05) is 19.1 Å². The Bertz CT molecular complexity index is 748. The van der Waals surface area contributed by atoms with Crippen molar-refractivity contribution < 1.29 is 19.1 Å². The summed E-state index contributed by atoms with van der Waals surface area (Å²) in [6.45, 7) is 4.09. The first-order valence-corrected chi connectivity index (χ1v) is 9.08. The average molecular weight is 391 g/mol. The van der Waals surface area contributed by atoms with Crippen LogP contribution in [-0.4, -0.2) is 24.5 Å². The van der Waals surface area contributed by atoms with Crippen molar-refractivity contribution in [3.8, 4) is 11.5 Å². The fraction of sp³-hybridized carbons (Fsp3) is 0.300. The Morgan fingerprint density at radius 3 is 2.26 bits per heavy atom. The van der Waals surface area contributed by atoms with Crippen LogP contribution >= 0.6 is 11.6 Å². The van der Waals surface area contributed by atoms with E-state index in [0.29, 0.717) is 23.8 Å². The highest BCUT2D eigenvalue weighted by atomic mass is 35.5. The van der Waals surface area contributed by atoms with Crippen molar-refractivity contribution >= 4 is 23.4 Å². The molecule has 0 saturated heterocycles. The van der Waals surface area contributed by atoms with E-state index in [1.54, 1.807) is 43.3 Å². The average Bonchev–Trinajstić information content (AvgIpc) is 2.67. The third-order valence-corrected chi connectivity index (χ3v) is 3.95. The lowest BCUT2D eigenvalue weighted by atomic mass is 10.1. The zero-order valence-corrected chi connectivity index (χ0v) is 16.1. The molecule has 0 saturated carbocycles. The van der Waals surface area contributed by atoms with Crippen molar-refractivity contribution in [2.24, 2.45) is 0 Å². The molecule has 0 aliphatic carbocycles. The summed E-state index contributed by atoms with van der Waals surface area (Å²) >= 11 is 5.82. The highest BCUT2D eigenvalue weighted by Gasteiger charge is 2.15. The van der Waals surface area contributed by atoms with Gasteiger partial charge in [-0.3, -0.25) is 20.4 Å². The second-order valence-corrected chi connectivity index (χ2v) is 6.26. The molecule has 2 aromatic rings. The van der Waals surface area contributed by atoms with Gasteiger partial charge < -0.3 is 9.47 Å². The Labute approximate surface area is 163 Å². The van der Waals surface area contributed by atoms with Crippen LogP contribution in [0.15, 0.2) is 48.5 Å². The van der Waals surface area contributed by atoms with Crippen LogP contribution in [0.3, 0.4) is 0 Å². The first-order chi connectivity index (χ1) is 13.0. The summed E-state index contributed by atoms with van der Waals surface area (Å²) < 4.78 is 10.9. The molecular formula is C20H23ClN2O4. The van der Waals surface area contributed by atoms with Crippen LogP contribution in [0.4, 0.5) is 0 Å². The van der Waals surface area contributed by atoms with Crippen LogP contribution in [0.25, 0.3) is 0 Å². The van der Waals surface area contributed by atoms with Gasteiger partial charge in [-0.05, 0) is 62.2 Å². The lowest BCUT2D eigenvalue weighted by Crippen LogP contribution is -2.47. The number of hydrazine groups is 1. The SMILES string of the molecule is CCOc1ccc(OC(C)C(=O)NNC(=O)CCc2ccc(Cl)cc2)cc1. The van der Waals surface area contributed by atoms with Crippen molar-refractivity contribution in [3.63, 3.8) is 0 Å². The molecule has 0 aliphatic rings. The summed E-state index contributed by atoms with van der Waals surface area (Å²) in [5, 5.41) is 0.650. The van der Waals surface area contributed by atoms with Gasteiger partial charge in [0.05, 0.1) is 6.61 Å². The second-order valence-electron chi connectivity index (χ2n) is 5.83. The summed E-state index contributed by atoms with van der Waals surface area (Å²) in [6.07, 6.45) is 0.0344. The molecular weight excluding hydrogens is 368 g/mol. The number of halogens is 1. The first kappa shape index (κ1) is 20.6. The van der Waals surface area contributed by atoms with Gasteiger partial charge in [0.1, 0.15) is 11.5 Å². The van der Waals surface area contributed by atoms with E-state index in [-0.39, 0.29) is 12.3 Å². The van der Waals surface area contributed by atoms with Crippen molar-refractivity contribution in [2.45, 2.75) is 32.8 Å². The summed E-state index contributed by atoms with van der Waals surface area (Å²) in [4.78, 5) is 23.9. The van der Waals surface area contributed by atoms with E-state index in [9.17, 15) is 9.59 Å². The fourth-order valence-electron chi connectivity index (χ4n) is 2.24. The van der Waals surface area contributed by atoms with Gasteiger partial charge >= 0.3 is 0 Å². The Kier molecular flexibility index (Phi) is 7.95. The molecule has 144 valence electrons. The molecule has 1 atom stereocenters. The second kappa shape index (κ2) is 10.4. The molecule has 2 amide bonds. The normalized spacial score (nSPS) is 11.4. The highest BCUT2D eigenvalue weighted by Crippen LogP contribution is 2.18. The fourth-order valence-corrected chi connectivity index (χ4v) is 2.37. The Hall–Kier alpha value is -2.73. The molecule has 0 bridgehead atoms. The molecule has 0 aliphatic heterocycles. The van der Waals surface area contributed by atoms with Crippen molar-refractivity contribution in [2.75, 3.05) is 6.61 Å². The third-order valence-electron chi connectivity index (χ3n) is 3.70. The summed E-state index contributed by atoms with van der Waals surface area (Å²) in [6, 6.07) is 14.2. The molecule has 0 heterocycles. The van der Waals surface area contributed by atoms with E-state index in [2.05, 4.69) is 10.9 Å². The maximum absolute atomic E-state index is 12.0. The van der Waals surface area contributed by atoms with Gasteiger partial charge in [-0.2, -0.15) is 0 Å². The Balaban J connectivity index is 1.71. The number of hydrogen-bond donors (Lipinski definition) is 2. The van der Waals surface area contributed by atoms with Gasteiger partial charge in [0.15, 0.2) is 6.10 Å². The monoisotopic (exact) mass is 390 g/mol. The molecule has 0 spiro atoms. The molecule has 2 aromatic carbocycles. The minimum Gasteiger partial charge on any atom is -0.494 e. The first-order valence-electron chi connectivity index (χ1n) is 8.70. The van der Waals surface area contributed by atoms with Gasteiger partial charge in [0.25, 0.3) is 5.91 Å².